The van der Waals surface area contributed by atoms with Crippen LogP contribution in [0.4, 0.5) is 0 Å². The highest BCUT2D eigenvalue weighted by atomic mass is 79.9. The number of rotatable bonds is 2. The van der Waals surface area contributed by atoms with E-state index in [4.69, 9.17) is 9.47 Å². The van der Waals surface area contributed by atoms with E-state index in [0.717, 1.165) is 15.6 Å². The summed E-state index contributed by atoms with van der Waals surface area (Å²) >= 11 is 3.55. The van der Waals surface area contributed by atoms with Gasteiger partial charge < -0.3 is 9.47 Å². The quantitative estimate of drug-likeness (QED) is 0.804. The van der Waals surface area contributed by atoms with Gasteiger partial charge in [-0.2, -0.15) is 0 Å². The van der Waals surface area contributed by atoms with E-state index in [9.17, 15) is 4.79 Å². The van der Waals surface area contributed by atoms with Crippen LogP contribution in [0.2, 0.25) is 0 Å². The van der Waals surface area contributed by atoms with Crippen molar-refractivity contribution < 1.29 is 14.3 Å². The van der Waals surface area contributed by atoms with Gasteiger partial charge in [-0.15, -0.1) is 0 Å². The van der Waals surface area contributed by atoms with Crippen LogP contribution < -0.4 is 9.47 Å². The molecule has 0 fully saturated rings. The van der Waals surface area contributed by atoms with Crippen LogP contribution in [-0.4, -0.2) is 12.9 Å². The molecule has 1 unspecified atom stereocenters. The summed E-state index contributed by atoms with van der Waals surface area (Å²) in [5.41, 5.74) is 2.77. The van der Waals surface area contributed by atoms with Gasteiger partial charge in [-0.05, 0) is 30.7 Å². The number of carbonyl (C=O) groups is 1. The first kappa shape index (κ1) is 14.1. The molecule has 108 valence electrons. The van der Waals surface area contributed by atoms with Gasteiger partial charge in [0, 0.05) is 16.1 Å². The fourth-order valence-electron chi connectivity index (χ4n) is 2.50. The zero-order chi connectivity index (χ0) is 15.0. The Morgan fingerprint density at radius 3 is 2.76 bits per heavy atom. The zero-order valence-electron chi connectivity index (χ0n) is 11.9. The molecular weight excluding hydrogens is 332 g/mol. The molecule has 1 heterocycles. The van der Waals surface area contributed by atoms with Crippen molar-refractivity contribution in [3.63, 3.8) is 0 Å². The summed E-state index contributed by atoms with van der Waals surface area (Å²) < 4.78 is 12.2. The second-order valence-electron chi connectivity index (χ2n) is 5.12. The molecule has 0 radical (unpaired) electrons. The molecule has 1 atom stereocenters. The summed E-state index contributed by atoms with van der Waals surface area (Å²) in [6.45, 7) is 2.03. The first-order valence-corrected chi connectivity index (χ1v) is 7.51. The fraction of sp³-hybridized carbons (Fsp3) is 0.235. The number of carbonyl (C=O) groups excluding carboxylic acids is 1. The largest absolute Gasteiger partial charge is 0.497 e. The van der Waals surface area contributed by atoms with Crippen molar-refractivity contribution in [1.82, 2.24) is 0 Å². The maximum Gasteiger partial charge on any atom is 0.170 e. The van der Waals surface area contributed by atoms with Gasteiger partial charge in [0.2, 0.25) is 0 Å². The molecule has 4 heteroatoms. The van der Waals surface area contributed by atoms with E-state index < -0.39 is 0 Å². The lowest BCUT2D eigenvalue weighted by Gasteiger charge is -2.26. The van der Waals surface area contributed by atoms with Crippen LogP contribution in [0, 0.1) is 6.92 Å². The Labute approximate surface area is 132 Å². The minimum absolute atomic E-state index is 0.0939. The van der Waals surface area contributed by atoms with Crippen molar-refractivity contribution in [2.45, 2.75) is 19.4 Å². The first-order valence-electron chi connectivity index (χ1n) is 6.72. The molecule has 3 nitrogen and oxygen atoms in total. The van der Waals surface area contributed by atoms with Crippen molar-refractivity contribution in [2.24, 2.45) is 0 Å². The van der Waals surface area contributed by atoms with Crippen LogP contribution in [0.3, 0.4) is 0 Å². The number of aryl methyl sites for hydroxylation is 1. The summed E-state index contributed by atoms with van der Waals surface area (Å²) in [6.07, 6.45) is 0.0770. The van der Waals surface area contributed by atoms with E-state index in [1.807, 2.05) is 25.1 Å². The molecule has 0 amide bonds. The van der Waals surface area contributed by atoms with E-state index in [1.165, 1.54) is 0 Å². The van der Waals surface area contributed by atoms with Crippen molar-refractivity contribution in [2.75, 3.05) is 7.11 Å². The van der Waals surface area contributed by atoms with Gasteiger partial charge in [-0.1, -0.05) is 28.1 Å². The predicted molar refractivity (Wildman–Crippen MR) is 84.2 cm³/mol. The average molecular weight is 347 g/mol. The molecule has 0 spiro atoms. The molecule has 1 aliphatic rings. The molecule has 0 saturated heterocycles. The Morgan fingerprint density at radius 1 is 1.24 bits per heavy atom. The molecule has 2 aromatic rings. The van der Waals surface area contributed by atoms with Gasteiger partial charge in [-0.3, -0.25) is 4.79 Å². The van der Waals surface area contributed by atoms with Crippen LogP contribution in [0.5, 0.6) is 11.5 Å². The number of benzene rings is 2. The lowest BCUT2D eigenvalue weighted by atomic mass is 9.96. The van der Waals surface area contributed by atoms with Gasteiger partial charge in [-0.25, -0.2) is 0 Å². The number of ketones is 1. The van der Waals surface area contributed by atoms with E-state index in [0.29, 0.717) is 23.5 Å². The predicted octanol–water partition coefficient (Wildman–Crippen LogP) is 4.47. The van der Waals surface area contributed by atoms with Gasteiger partial charge in [0.15, 0.2) is 5.78 Å². The number of Topliss-reactive ketones (excluding diaryl/α,β-unsaturated/α-hetero) is 1. The maximum atomic E-state index is 12.3. The third kappa shape index (κ3) is 2.68. The van der Waals surface area contributed by atoms with Crippen molar-refractivity contribution in [3.05, 3.63) is 57.6 Å². The van der Waals surface area contributed by atoms with Gasteiger partial charge in [0.1, 0.15) is 17.6 Å². The van der Waals surface area contributed by atoms with Crippen LogP contribution in [0.1, 0.15) is 34.0 Å². The lowest BCUT2D eigenvalue weighted by molar-refractivity contribution is 0.0848. The normalized spacial score (nSPS) is 17.1. The number of ether oxygens (including phenoxy) is 2. The summed E-state index contributed by atoms with van der Waals surface area (Å²) in [7, 11) is 1.60. The smallest absolute Gasteiger partial charge is 0.170 e. The molecule has 3 rings (SSSR count). The number of halogens is 1. The standard InChI is InChI=1S/C17H15BrO3/c1-10-3-5-12(14(18)7-10)17-9-15(19)13-6-4-11(20-2)8-16(13)21-17/h3-8,17H,9H2,1-2H3. The average Bonchev–Trinajstić information content (AvgIpc) is 2.46. The van der Waals surface area contributed by atoms with Crippen LogP contribution in [0.25, 0.3) is 0 Å². The second kappa shape index (κ2) is 5.53. The molecule has 2 aromatic carbocycles. The van der Waals surface area contributed by atoms with Crippen LogP contribution in [0.15, 0.2) is 40.9 Å². The highest BCUT2D eigenvalue weighted by Gasteiger charge is 2.29. The monoisotopic (exact) mass is 346 g/mol. The van der Waals surface area contributed by atoms with Crippen molar-refractivity contribution in [1.29, 1.82) is 0 Å². The Bertz CT molecular complexity index is 709. The Kier molecular flexibility index (Phi) is 3.72. The SMILES string of the molecule is COc1ccc2c(c1)OC(c1ccc(C)cc1Br)CC2=O. The van der Waals surface area contributed by atoms with Crippen molar-refractivity contribution >= 4 is 21.7 Å². The molecular formula is C17H15BrO3. The third-order valence-electron chi connectivity index (χ3n) is 3.63. The lowest BCUT2D eigenvalue weighted by Crippen LogP contribution is -2.20. The number of hydrogen-bond donors (Lipinski definition) is 0. The minimum Gasteiger partial charge on any atom is -0.497 e. The van der Waals surface area contributed by atoms with E-state index >= 15 is 0 Å². The Balaban J connectivity index is 1.99. The van der Waals surface area contributed by atoms with E-state index in [2.05, 4.69) is 15.9 Å². The van der Waals surface area contributed by atoms with Gasteiger partial charge in [0.05, 0.1) is 19.1 Å². The van der Waals surface area contributed by atoms with Crippen LogP contribution in [-0.2, 0) is 0 Å². The minimum atomic E-state index is -0.271. The molecule has 0 N–H and O–H groups in total. The first-order chi connectivity index (χ1) is 10.1. The third-order valence-corrected chi connectivity index (χ3v) is 4.32. The van der Waals surface area contributed by atoms with Crippen LogP contribution >= 0.6 is 15.9 Å². The molecule has 0 saturated carbocycles. The summed E-state index contributed by atoms with van der Waals surface area (Å²) in [4.78, 5) is 12.3. The highest BCUT2D eigenvalue weighted by molar-refractivity contribution is 9.10. The highest BCUT2D eigenvalue weighted by Crippen LogP contribution is 2.39. The molecule has 0 aromatic heterocycles. The number of methoxy groups -OCH3 is 1. The Morgan fingerprint density at radius 2 is 2.05 bits per heavy atom. The number of fused-ring (bicyclic) bond motifs is 1. The van der Waals surface area contributed by atoms with Crippen molar-refractivity contribution in [3.8, 4) is 11.5 Å². The fourth-order valence-corrected chi connectivity index (χ4v) is 3.25. The molecule has 21 heavy (non-hydrogen) atoms. The molecule has 1 aliphatic heterocycles. The zero-order valence-corrected chi connectivity index (χ0v) is 13.4. The second-order valence-corrected chi connectivity index (χ2v) is 5.98. The van der Waals surface area contributed by atoms with Gasteiger partial charge in [0.25, 0.3) is 0 Å². The van der Waals surface area contributed by atoms with Gasteiger partial charge >= 0.3 is 0 Å². The molecule has 0 bridgehead atoms. The van der Waals surface area contributed by atoms with E-state index in [-0.39, 0.29) is 11.9 Å². The molecule has 0 aliphatic carbocycles. The summed E-state index contributed by atoms with van der Waals surface area (Å²) in [6, 6.07) is 11.4. The summed E-state index contributed by atoms with van der Waals surface area (Å²) in [5, 5.41) is 0. The Hall–Kier alpha value is -1.81. The van der Waals surface area contributed by atoms with E-state index in [1.54, 1.807) is 25.3 Å². The topological polar surface area (TPSA) is 35.5 Å². The number of hydrogen-bond acceptors (Lipinski definition) is 3. The maximum absolute atomic E-state index is 12.3. The summed E-state index contributed by atoms with van der Waals surface area (Å²) in [5.74, 6) is 1.37.